The zero-order valence-electron chi connectivity index (χ0n) is 9.67. The van der Waals surface area contributed by atoms with Gasteiger partial charge in [-0.05, 0) is 29.5 Å². The molecule has 0 spiro atoms. The third kappa shape index (κ3) is 3.37. The maximum atomic E-state index is 6.19. The number of nitrogens with two attached hydrogens (primary N) is 1. The molecule has 1 atom stereocenters. The Morgan fingerprint density at radius 1 is 1.27 bits per heavy atom. The van der Waals surface area contributed by atoms with Crippen LogP contribution in [0.2, 0.25) is 5.02 Å². The normalized spacial score (nSPS) is 13.2. The highest BCUT2D eigenvalue weighted by molar-refractivity contribution is 6.31. The van der Waals surface area contributed by atoms with Gasteiger partial charge in [0.25, 0.3) is 0 Å². The molecule has 0 unspecified atom stereocenters. The predicted octanol–water partition coefficient (Wildman–Crippen LogP) is 4.12. The van der Waals surface area contributed by atoms with Gasteiger partial charge in [0, 0.05) is 11.1 Å². The fraction of sp³-hybridized carbons (Fsp3) is 0.500. The van der Waals surface area contributed by atoms with E-state index in [2.05, 4.69) is 20.8 Å². The lowest BCUT2D eigenvalue weighted by molar-refractivity contribution is 0.326. The molecule has 2 N–H and O–H groups in total. The molecule has 0 amide bonds. The third-order valence-corrected chi connectivity index (χ3v) is 2.84. The monoisotopic (exact) mass is 247 g/mol. The Morgan fingerprint density at radius 3 is 2.20 bits per heavy atom. The smallest absolute Gasteiger partial charge is 0.0456 e. The van der Waals surface area contributed by atoms with Crippen molar-refractivity contribution in [2.24, 2.45) is 11.1 Å². The van der Waals surface area contributed by atoms with Crippen LogP contribution in [0.5, 0.6) is 0 Å². The van der Waals surface area contributed by atoms with Crippen molar-refractivity contribution in [3.05, 3.63) is 34.3 Å². The lowest BCUT2D eigenvalue weighted by Gasteiger charge is -2.29. The summed E-state index contributed by atoms with van der Waals surface area (Å²) in [7, 11) is 0. The molecule has 0 fully saturated rings. The quantitative estimate of drug-likeness (QED) is 0.794. The molecule has 15 heavy (non-hydrogen) atoms. The molecular weight excluding hydrogens is 229 g/mol. The highest BCUT2D eigenvalue weighted by atomic mass is 35.5. The van der Waals surface area contributed by atoms with Crippen molar-refractivity contribution >= 4 is 24.0 Å². The van der Waals surface area contributed by atoms with E-state index in [1.807, 2.05) is 25.1 Å². The van der Waals surface area contributed by atoms with E-state index in [-0.39, 0.29) is 23.9 Å². The lowest BCUT2D eigenvalue weighted by Crippen LogP contribution is -2.27. The molecule has 0 saturated heterocycles. The topological polar surface area (TPSA) is 26.0 Å². The average molecular weight is 248 g/mol. The highest BCUT2D eigenvalue weighted by Gasteiger charge is 2.25. The number of halogens is 2. The van der Waals surface area contributed by atoms with Crippen LogP contribution in [0.3, 0.4) is 0 Å². The van der Waals surface area contributed by atoms with E-state index in [0.717, 1.165) is 10.6 Å². The van der Waals surface area contributed by atoms with Crippen LogP contribution >= 0.6 is 24.0 Å². The van der Waals surface area contributed by atoms with Gasteiger partial charge in [-0.25, -0.2) is 0 Å². The summed E-state index contributed by atoms with van der Waals surface area (Å²) in [4.78, 5) is 0. The van der Waals surface area contributed by atoms with Crippen molar-refractivity contribution in [1.82, 2.24) is 0 Å². The van der Waals surface area contributed by atoms with Gasteiger partial charge in [0.05, 0.1) is 0 Å². The van der Waals surface area contributed by atoms with E-state index < -0.39 is 0 Å². The second-order valence-corrected chi connectivity index (χ2v) is 5.22. The van der Waals surface area contributed by atoms with Gasteiger partial charge < -0.3 is 5.73 Å². The number of benzene rings is 1. The molecule has 0 aliphatic heterocycles. The summed E-state index contributed by atoms with van der Waals surface area (Å²) >= 11 is 6.15. The fourth-order valence-corrected chi connectivity index (χ4v) is 1.81. The SMILES string of the molecule is Cc1cccc(Cl)c1[C@@H](N)C(C)(C)C.Cl. The van der Waals surface area contributed by atoms with Crippen molar-refractivity contribution in [2.75, 3.05) is 0 Å². The van der Waals surface area contributed by atoms with Crippen molar-refractivity contribution < 1.29 is 0 Å². The van der Waals surface area contributed by atoms with Crippen LogP contribution in [0, 0.1) is 12.3 Å². The molecule has 1 nitrogen and oxygen atoms in total. The summed E-state index contributed by atoms with van der Waals surface area (Å²) < 4.78 is 0. The number of hydrogen-bond donors (Lipinski definition) is 1. The molecule has 0 aliphatic rings. The Hall–Kier alpha value is -0.240. The number of rotatable bonds is 1. The summed E-state index contributed by atoms with van der Waals surface area (Å²) in [5.41, 5.74) is 8.46. The van der Waals surface area contributed by atoms with E-state index in [4.69, 9.17) is 17.3 Å². The van der Waals surface area contributed by atoms with Gasteiger partial charge in [0.15, 0.2) is 0 Å². The van der Waals surface area contributed by atoms with Gasteiger partial charge in [-0.2, -0.15) is 0 Å². The lowest BCUT2D eigenvalue weighted by atomic mass is 9.81. The Morgan fingerprint density at radius 2 is 1.80 bits per heavy atom. The van der Waals surface area contributed by atoms with Crippen LogP contribution < -0.4 is 5.73 Å². The van der Waals surface area contributed by atoms with Crippen molar-refractivity contribution in [3.8, 4) is 0 Å². The summed E-state index contributed by atoms with van der Waals surface area (Å²) in [6.45, 7) is 8.42. The van der Waals surface area contributed by atoms with Crippen LogP contribution in [-0.4, -0.2) is 0 Å². The predicted molar refractivity (Wildman–Crippen MR) is 69.8 cm³/mol. The molecule has 86 valence electrons. The molecule has 0 aliphatic carbocycles. The standard InChI is InChI=1S/C12H18ClN.ClH/c1-8-6-5-7-9(13)10(8)11(14)12(2,3)4;/h5-7,11H,14H2,1-4H3;1H/t11-;/m1./s1. The molecule has 0 heterocycles. The minimum atomic E-state index is -0.0174. The summed E-state index contributed by atoms with van der Waals surface area (Å²) in [6.07, 6.45) is 0. The zero-order valence-corrected chi connectivity index (χ0v) is 11.2. The molecule has 3 heteroatoms. The Kier molecular flexibility index (Phi) is 5.12. The van der Waals surface area contributed by atoms with E-state index >= 15 is 0 Å². The number of aryl methyl sites for hydroxylation is 1. The molecular formula is C12H19Cl2N. The van der Waals surface area contributed by atoms with E-state index in [1.54, 1.807) is 0 Å². The summed E-state index contributed by atoms with van der Waals surface area (Å²) in [5, 5.41) is 0.771. The molecule has 1 aromatic rings. The van der Waals surface area contributed by atoms with Crippen molar-refractivity contribution in [1.29, 1.82) is 0 Å². The fourth-order valence-electron chi connectivity index (χ4n) is 1.47. The third-order valence-electron chi connectivity index (χ3n) is 2.51. The van der Waals surface area contributed by atoms with Crippen LogP contribution in [0.15, 0.2) is 18.2 Å². The second kappa shape index (κ2) is 5.20. The molecule has 0 radical (unpaired) electrons. The van der Waals surface area contributed by atoms with Gasteiger partial charge in [0.1, 0.15) is 0 Å². The summed E-state index contributed by atoms with van der Waals surface area (Å²) in [6, 6.07) is 5.88. The van der Waals surface area contributed by atoms with E-state index in [9.17, 15) is 0 Å². The average Bonchev–Trinajstić information content (AvgIpc) is 2.01. The number of hydrogen-bond acceptors (Lipinski definition) is 1. The van der Waals surface area contributed by atoms with Crippen LogP contribution in [0.25, 0.3) is 0 Å². The first-order valence-electron chi connectivity index (χ1n) is 4.84. The van der Waals surface area contributed by atoms with Gasteiger partial charge >= 0.3 is 0 Å². The van der Waals surface area contributed by atoms with Gasteiger partial charge in [0.2, 0.25) is 0 Å². The van der Waals surface area contributed by atoms with Crippen LogP contribution in [0.1, 0.15) is 37.9 Å². The first-order chi connectivity index (χ1) is 6.34. The first kappa shape index (κ1) is 14.8. The zero-order chi connectivity index (χ0) is 10.9. The van der Waals surface area contributed by atoms with Gasteiger partial charge in [-0.1, -0.05) is 44.5 Å². The minimum Gasteiger partial charge on any atom is -0.323 e. The molecule has 0 bridgehead atoms. The van der Waals surface area contributed by atoms with E-state index in [1.165, 1.54) is 5.56 Å². The molecule has 0 aromatic heterocycles. The van der Waals surface area contributed by atoms with Gasteiger partial charge in [-0.3, -0.25) is 0 Å². The van der Waals surface area contributed by atoms with E-state index in [0.29, 0.717) is 0 Å². The van der Waals surface area contributed by atoms with Crippen LogP contribution in [-0.2, 0) is 0 Å². The van der Waals surface area contributed by atoms with Crippen molar-refractivity contribution in [3.63, 3.8) is 0 Å². The summed E-state index contributed by atoms with van der Waals surface area (Å²) in [5.74, 6) is 0. The van der Waals surface area contributed by atoms with Crippen LogP contribution in [0.4, 0.5) is 0 Å². The minimum absolute atomic E-state index is 0. The Balaban J connectivity index is 0.00000196. The molecule has 0 saturated carbocycles. The first-order valence-corrected chi connectivity index (χ1v) is 5.22. The molecule has 1 aromatic carbocycles. The largest absolute Gasteiger partial charge is 0.323 e. The highest BCUT2D eigenvalue weighted by Crippen LogP contribution is 2.35. The molecule has 1 rings (SSSR count). The maximum Gasteiger partial charge on any atom is 0.0456 e. The van der Waals surface area contributed by atoms with Gasteiger partial charge in [-0.15, -0.1) is 12.4 Å². The maximum absolute atomic E-state index is 6.19. The second-order valence-electron chi connectivity index (χ2n) is 4.81. The Labute approximate surface area is 103 Å². The van der Waals surface area contributed by atoms with Crippen molar-refractivity contribution in [2.45, 2.75) is 33.7 Å². The Bertz CT molecular complexity index is 309.